The normalized spacial score (nSPS) is 13.0. The van der Waals surface area contributed by atoms with E-state index >= 15 is 0 Å². The lowest BCUT2D eigenvalue weighted by Gasteiger charge is -2.21. The Bertz CT molecular complexity index is 938. The second-order valence-electron chi connectivity index (χ2n) is 8.42. The molecule has 0 aliphatic rings. The third-order valence-electron chi connectivity index (χ3n) is 5.44. The molecule has 0 saturated heterocycles. The van der Waals surface area contributed by atoms with E-state index in [2.05, 4.69) is 43.4 Å². The van der Waals surface area contributed by atoms with Crippen LogP contribution in [0.25, 0.3) is 0 Å². The predicted octanol–water partition coefficient (Wildman–Crippen LogP) is 4.54. The molecule has 0 aliphatic carbocycles. The monoisotopic (exact) mass is 476 g/mol. The molecule has 2 atom stereocenters. The van der Waals surface area contributed by atoms with E-state index in [-0.39, 0.29) is 30.5 Å². The molecule has 176 valence electrons. The SMILES string of the molecule is CCCC(CCC)Pc1ccc(C(NC(=O)CCCS(N)(=O)=O)c2ccc(C)cc2)cc1. The lowest BCUT2D eigenvalue weighted by Crippen LogP contribution is -2.30. The molecule has 7 heteroatoms. The maximum Gasteiger partial charge on any atom is 0.220 e. The fraction of sp³-hybridized carbons (Fsp3) is 0.480. The molecule has 1 amide bonds. The van der Waals surface area contributed by atoms with Gasteiger partial charge in [0.1, 0.15) is 0 Å². The molecular formula is C25H37N2O3PS. The highest BCUT2D eigenvalue weighted by Crippen LogP contribution is 2.28. The van der Waals surface area contributed by atoms with E-state index < -0.39 is 10.0 Å². The molecule has 2 rings (SSSR count). The summed E-state index contributed by atoms with van der Waals surface area (Å²) in [5.41, 5.74) is 3.91. The highest BCUT2D eigenvalue weighted by Gasteiger charge is 2.18. The fourth-order valence-electron chi connectivity index (χ4n) is 3.78. The molecule has 0 fully saturated rings. The molecule has 0 heterocycles. The number of hydrogen-bond acceptors (Lipinski definition) is 3. The van der Waals surface area contributed by atoms with Crippen LogP contribution in [0.2, 0.25) is 0 Å². The van der Waals surface area contributed by atoms with E-state index in [4.69, 9.17) is 5.14 Å². The van der Waals surface area contributed by atoms with Crippen LogP contribution in [0.3, 0.4) is 0 Å². The number of sulfonamides is 1. The van der Waals surface area contributed by atoms with Crippen LogP contribution in [-0.4, -0.2) is 25.7 Å². The maximum absolute atomic E-state index is 12.6. The number of carbonyl (C=O) groups is 1. The van der Waals surface area contributed by atoms with Crippen LogP contribution < -0.4 is 15.8 Å². The zero-order valence-corrected chi connectivity index (χ0v) is 21.3. The van der Waals surface area contributed by atoms with Gasteiger partial charge in [-0.3, -0.25) is 4.79 Å². The summed E-state index contributed by atoms with van der Waals surface area (Å²) in [4.78, 5) is 12.6. The number of carbonyl (C=O) groups excluding carboxylic acids is 1. The van der Waals surface area contributed by atoms with E-state index in [1.165, 1.54) is 31.0 Å². The Balaban J connectivity index is 2.16. The molecule has 0 aromatic heterocycles. The first kappa shape index (κ1) is 26.5. The van der Waals surface area contributed by atoms with Gasteiger partial charge in [-0.1, -0.05) is 89.4 Å². The highest BCUT2D eigenvalue weighted by molar-refractivity contribution is 7.89. The van der Waals surface area contributed by atoms with E-state index in [0.717, 1.165) is 30.9 Å². The number of nitrogens with two attached hydrogens (primary N) is 1. The van der Waals surface area contributed by atoms with Crippen molar-refractivity contribution in [2.24, 2.45) is 5.14 Å². The average molecular weight is 477 g/mol. The first-order chi connectivity index (χ1) is 15.2. The summed E-state index contributed by atoms with van der Waals surface area (Å²) >= 11 is 0. The zero-order chi connectivity index (χ0) is 23.6. The van der Waals surface area contributed by atoms with Crippen molar-refractivity contribution in [3.05, 3.63) is 65.2 Å². The molecule has 2 unspecified atom stereocenters. The Morgan fingerprint density at radius 3 is 2.00 bits per heavy atom. The summed E-state index contributed by atoms with van der Waals surface area (Å²) in [6.07, 6.45) is 5.27. The van der Waals surface area contributed by atoms with Gasteiger partial charge in [0, 0.05) is 6.42 Å². The lowest BCUT2D eigenvalue weighted by molar-refractivity contribution is -0.121. The largest absolute Gasteiger partial charge is 0.345 e. The summed E-state index contributed by atoms with van der Waals surface area (Å²) in [6, 6.07) is 16.4. The average Bonchev–Trinajstić information content (AvgIpc) is 2.73. The minimum Gasteiger partial charge on any atom is -0.345 e. The Morgan fingerprint density at radius 1 is 0.969 bits per heavy atom. The van der Waals surface area contributed by atoms with Gasteiger partial charge in [0.2, 0.25) is 15.9 Å². The third-order valence-corrected chi connectivity index (χ3v) is 7.95. The molecule has 0 bridgehead atoms. The van der Waals surface area contributed by atoms with Gasteiger partial charge in [0.15, 0.2) is 0 Å². The highest BCUT2D eigenvalue weighted by atomic mass is 32.2. The number of aryl methyl sites for hydroxylation is 1. The third kappa shape index (κ3) is 9.40. The minimum absolute atomic E-state index is 0.119. The minimum atomic E-state index is -3.56. The van der Waals surface area contributed by atoms with E-state index in [0.29, 0.717) is 0 Å². The molecule has 5 nitrogen and oxygen atoms in total. The van der Waals surface area contributed by atoms with Crippen molar-refractivity contribution in [2.75, 3.05) is 5.75 Å². The van der Waals surface area contributed by atoms with Gasteiger partial charge >= 0.3 is 0 Å². The second kappa shape index (κ2) is 13.1. The Kier molecular flexibility index (Phi) is 10.8. The standard InChI is InChI=1S/C25H37N2O3PS/c1-4-7-22(8-5-2)31-23-16-14-21(15-17-23)25(20-12-10-19(3)11-13-20)27-24(28)9-6-18-32(26,29)30/h10-17,22,25,31H,4-9,18H2,1-3H3,(H,27,28)(H2,26,29,30). The maximum atomic E-state index is 12.6. The van der Waals surface area contributed by atoms with Crippen molar-refractivity contribution in [2.45, 2.75) is 71.0 Å². The number of nitrogens with one attached hydrogen (secondary N) is 1. The van der Waals surface area contributed by atoms with Crippen molar-refractivity contribution in [1.82, 2.24) is 5.32 Å². The summed E-state index contributed by atoms with van der Waals surface area (Å²) < 4.78 is 22.3. The molecular weight excluding hydrogens is 439 g/mol. The molecule has 0 spiro atoms. The molecule has 2 aromatic rings. The van der Waals surface area contributed by atoms with Gasteiger partial charge in [-0.2, -0.15) is 0 Å². The van der Waals surface area contributed by atoms with Crippen LogP contribution in [-0.2, 0) is 14.8 Å². The van der Waals surface area contributed by atoms with E-state index in [1.807, 2.05) is 31.2 Å². The first-order valence-corrected chi connectivity index (χ1v) is 14.2. The molecule has 3 N–H and O–H groups in total. The van der Waals surface area contributed by atoms with Crippen LogP contribution in [0, 0.1) is 6.92 Å². The zero-order valence-electron chi connectivity index (χ0n) is 19.4. The van der Waals surface area contributed by atoms with Gasteiger partial charge in [0.05, 0.1) is 11.8 Å². The summed E-state index contributed by atoms with van der Waals surface area (Å²) in [7, 11) is -2.76. The van der Waals surface area contributed by atoms with Crippen molar-refractivity contribution in [1.29, 1.82) is 0 Å². The van der Waals surface area contributed by atoms with Crippen molar-refractivity contribution < 1.29 is 13.2 Å². The number of hydrogen-bond donors (Lipinski definition) is 2. The van der Waals surface area contributed by atoms with E-state index in [1.54, 1.807) is 0 Å². The number of amides is 1. The first-order valence-electron chi connectivity index (χ1n) is 11.4. The molecule has 32 heavy (non-hydrogen) atoms. The fourth-order valence-corrected chi connectivity index (χ4v) is 6.02. The smallest absolute Gasteiger partial charge is 0.220 e. The lowest BCUT2D eigenvalue weighted by atomic mass is 9.97. The van der Waals surface area contributed by atoms with Gasteiger partial charge in [-0.05, 0) is 48.3 Å². The van der Waals surface area contributed by atoms with Crippen molar-refractivity contribution in [3.63, 3.8) is 0 Å². The Morgan fingerprint density at radius 2 is 1.50 bits per heavy atom. The van der Waals surface area contributed by atoms with Crippen LogP contribution in [0.1, 0.15) is 75.1 Å². The summed E-state index contributed by atoms with van der Waals surface area (Å²) in [6.45, 7) is 6.52. The summed E-state index contributed by atoms with van der Waals surface area (Å²) in [5.74, 6) is -0.377. The number of rotatable bonds is 13. The summed E-state index contributed by atoms with van der Waals surface area (Å²) in [5, 5.41) is 9.48. The quantitative estimate of drug-likeness (QED) is 0.416. The van der Waals surface area contributed by atoms with Gasteiger partial charge in [-0.25, -0.2) is 13.6 Å². The second-order valence-corrected chi connectivity index (χ2v) is 11.8. The van der Waals surface area contributed by atoms with Crippen LogP contribution >= 0.6 is 8.58 Å². The van der Waals surface area contributed by atoms with Crippen LogP contribution in [0.4, 0.5) is 0 Å². The van der Waals surface area contributed by atoms with Gasteiger partial charge < -0.3 is 5.32 Å². The van der Waals surface area contributed by atoms with Gasteiger partial charge in [-0.15, -0.1) is 0 Å². The van der Waals surface area contributed by atoms with Crippen LogP contribution in [0.5, 0.6) is 0 Å². The predicted molar refractivity (Wildman–Crippen MR) is 136 cm³/mol. The van der Waals surface area contributed by atoms with E-state index in [9.17, 15) is 13.2 Å². The topological polar surface area (TPSA) is 89.3 Å². The van der Waals surface area contributed by atoms with Gasteiger partial charge in [0.25, 0.3) is 0 Å². The van der Waals surface area contributed by atoms with Crippen LogP contribution in [0.15, 0.2) is 48.5 Å². The number of benzene rings is 2. The Labute approximate surface area is 195 Å². The number of primary sulfonamides is 1. The van der Waals surface area contributed by atoms with Crippen molar-refractivity contribution >= 4 is 29.8 Å². The molecule has 2 aromatic carbocycles. The Hall–Kier alpha value is -1.75. The molecule has 0 aliphatic heterocycles. The molecule has 0 radical (unpaired) electrons. The molecule has 0 saturated carbocycles. The van der Waals surface area contributed by atoms with Crippen molar-refractivity contribution in [3.8, 4) is 0 Å².